The van der Waals surface area contributed by atoms with E-state index < -0.39 is 0 Å². The van der Waals surface area contributed by atoms with Gasteiger partial charge in [-0.3, -0.25) is 0 Å². The van der Waals surface area contributed by atoms with Gasteiger partial charge in [-0.1, -0.05) is 48.9 Å². The smallest absolute Gasteiger partial charge is 0.222 e. The number of para-hydroxylation sites is 2. The van der Waals surface area contributed by atoms with Crippen LogP contribution in [0.4, 0.5) is 5.95 Å². The number of nitrogens with one attached hydrogen (secondary N) is 2. The number of anilines is 1. The van der Waals surface area contributed by atoms with Gasteiger partial charge in [0.2, 0.25) is 5.95 Å². The van der Waals surface area contributed by atoms with E-state index in [0.29, 0.717) is 5.95 Å². The molecule has 1 heterocycles. The van der Waals surface area contributed by atoms with Gasteiger partial charge < -0.3 is 4.98 Å². The molecule has 3 aromatic rings. The first-order valence-electron chi connectivity index (χ1n) is 7.10. The zero-order chi connectivity index (χ0) is 14.7. The van der Waals surface area contributed by atoms with Crippen LogP contribution in [0.5, 0.6) is 0 Å². The largest absolute Gasteiger partial charge is 0.323 e. The lowest BCUT2D eigenvalue weighted by Gasteiger charge is -2.04. The summed E-state index contributed by atoms with van der Waals surface area (Å²) < 4.78 is 0. The Morgan fingerprint density at radius 2 is 1.90 bits per heavy atom. The minimum absolute atomic E-state index is 0.661. The van der Waals surface area contributed by atoms with Crippen LogP contribution in [0.15, 0.2) is 53.6 Å². The average molecular weight is 278 g/mol. The van der Waals surface area contributed by atoms with Gasteiger partial charge in [-0.2, -0.15) is 5.10 Å². The fraction of sp³-hybridized carbons (Fsp3) is 0.176. The summed E-state index contributed by atoms with van der Waals surface area (Å²) >= 11 is 0. The van der Waals surface area contributed by atoms with Gasteiger partial charge >= 0.3 is 0 Å². The Bertz CT molecular complexity index is 736. The molecule has 4 nitrogen and oxygen atoms in total. The molecule has 1 aromatic heterocycles. The second kappa shape index (κ2) is 5.79. The van der Waals surface area contributed by atoms with Crippen LogP contribution in [-0.2, 0) is 0 Å². The minimum atomic E-state index is 0.661. The molecule has 2 N–H and O–H groups in total. The number of aromatic amines is 1. The Kier molecular flexibility index (Phi) is 3.69. The van der Waals surface area contributed by atoms with E-state index in [1.165, 1.54) is 5.56 Å². The number of hydrogen-bond acceptors (Lipinski definition) is 3. The van der Waals surface area contributed by atoms with Gasteiger partial charge in [0.25, 0.3) is 0 Å². The number of hydrazone groups is 1. The van der Waals surface area contributed by atoms with Crippen LogP contribution in [0, 0.1) is 6.92 Å². The molecule has 0 radical (unpaired) electrons. The molecule has 0 unspecified atom stereocenters. The lowest BCUT2D eigenvalue weighted by molar-refractivity contribution is 1.17. The molecular formula is C17H18N4. The van der Waals surface area contributed by atoms with Crippen molar-refractivity contribution in [1.82, 2.24) is 9.97 Å². The van der Waals surface area contributed by atoms with Crippen molar-refractivity contribution in [1.29, 1.82) is 0 Å². The van der Waals surface area contributed by atoms with Crippen molar-refractivity contribution in [3.8, 4) is 0 Å². The molecule has 0 amide bonds. The van der Waals surface area contributed by atoms with Gasteiger partial charge in [0.15, 0.2) is 0 Å². The molecule has 106 valence electrons. The average Bonchev–Trinajstić information content (AvgIpc) is 2.92. The molecule has 0 atom stereocenters. The highest BCUT2D eigenvalue weighted by molar-refractivity contribution is 6.00. The Hall–Kier alpha value is -2.62. The fourth-order valence-corrected chi connectivity index (χ4v) is 2.22. The SMILES string of the molecule is CC/C(=N/Nc1nc2ccccc2[nH]1)c1ccc(C)cc1. The molecular weight excluding hydrogens is 260 g/mol. The van der Waals surface area contributed by atoms with Crippen LogP contribution in [-0.4, -0.2) is 15.7 Å². The first kappa shape index (κ1) is 13.4. The molecule has 0 aliphatic heterocycles. The van der Waals surface area contributed by atoms with Crippen molar-refractivity contribution < 1.29 is 0 Å². The maximum atomic E-state index is 4.48. The third kappa shape index (κ3) is 2.94. The molecule has 0 bridgehead atoms. The highest BCUT2D eigenvalue weighted by atomic mass is 15.4. The number of hydrogen-bond donors (Lipinski definition) is 2. The van der Waals surface area contributed by atoms with E-state index in [-0.39, 0.29) is 0 Å². The number of fused-ring (bicyclic) bond motifs is 1. The molecule has 0 saturated carbocycles. The number of benzene rings is 2. The molecule has 4 heteroatoms. The van der Waals surface area contributed by atoms with Crippen molar-refractivity contribution in [3.63, 3.8) is 0 Å². The van der Waals surface area contributed by atoms with Gasteiger partial charge in [0, 0.05) is 0 Å². The molecule has 0 aliphatic rings. The summed E-state index contributed by atoms with van der Waals surface area (Å²) in [6, 6.07) is 16.3. The zero-order valence-corrected chi connectivity index (χ0v) is 12.2. The molecule has 3 rings (SSSR count). The second-order valence-electron chi connectivity index (χ2n) is 4.99. The summed E-state index contributed by atoms with van der Waals surface area (Å²) in [5.74, 6) is 0.661. The van der Waals surface area contributed by atoms with E-state index in [1.54, 1.807) is 0 Å². The van der Waals surface area contributed by atoms with Crippen LogP contribution >= 0.6 is 0 Å². The Balaban J connectivity index is 1.83. The quantitative estimate of drug-likeness (QED) is 0.557. The first-order chi connectivity index (χ1) is 10.3. The Morgan fingerprint density at radius 1 is 1.14 bits per heavy atom. The summed E-state index contributed by atoms with van der Waals surface area (Å²) in [6.45, 7) is 4.18. The van der Waals surface area contributed by atoms with E-state index in [1.807, 2.05) is 24.3 Å². The summed E-state index contributed by atoms with van der Waals surface area (Å²) in [5.41, 5.74) is 8.35. The molecule has 2 aromatic carbocycles. The fourth-order valence-electron chi connectivity index (χ4n) is 2.22. The van der Waals surface area contributed by atoms with Crippen molar-refractivity contribution >= 4 is 22.7 Å². The number of aromatic nitrogens is 2. The van der Waals surface area contributed by atoms with Crippen molar-refractivity contribution in [3.05, 3.63) is 59.7 Å². The monoisotopic (exact) mass is 278 g/mol. The van der Waals surface area contributed by atoms with Crippen LogP contribution in [0.3, 0.4) is 0 Å². The van der Waals surface area contributed by atoms with Crippen LogP contribution in [0.2, 0.25) is 0 Å². The first-order valence-corrected chi connectivity index (χ1v) is 7.10. The van der Waals surface area contributed by atoms with Crippen molar-refractivity contribution in [2.45, 2.75) is 20.3 Å². The summed E-state index contributed by atoms with van der Waals surface area (Å²) in [7, 11) is 0. The Morgan fingerprint density at radius 3 is 2.62 bits per heavy atom. The number of nitrogens with zero attached hydrogens (tertiary/aromatic N) is 2. The molecule has 0 fully saturated rings. The molecule has 0 saturated heterocycles. The summed E-state index contributed by atoms with van der Waals surface area (Å²) in [6.07, 6.45) is 0.857. The van der Waals surface area contributed by atoms with Gasteiger partial charge in [0.1, 0.15) is 0 Å². The number of rotatable bonds is 4. The van der Waals surface area contributed by atoms with Gasteiger partial charge in [0.05, 0.1) is 16.7 Å². The summed E-state index contributed by atoms with van der Waals surface area (Å²) in [4.78, 5) is 7.66. The summed E-state index contributed by atoms with van der Waals surface area (Å²) in [5, 5.41) is 4.48. The lowest BCUT2D eigenvalue weighted by Crippen LogP contribution is -2.03. The minimum Gasteiger partial charge on any atom is -0.323 e. The van der Waals surface area contributed by atoms with E-state index in [0.717, 1.165) is 28.7 Å². The Labute approximate surface area is 123 Å². The number of H-pyrrole nitrogens is 1. The maximum absolute atomic E-state index is 4.48. The van der Waals surface area contributed by atoms with Gasteiger partial charge in [-0.15, -0.1) is 0 Å². The van der Waals surface area contributed by atoms with Gasteiger partial charge in [-0.25, -0.2) is 10.4 Å². The predicted octanol–water partition coefficient (Wildman–Crippen LogP) is 4.10. The normalized spacial score (nSPS) is 11.8. The third-order valence-electron chi connectivity index (χ3n) is 3.41. The van der Waals surface area contributed by atoms with Crippen molar-refractivity contribution in [2.75, 3.05) is 5.43 Å². The molecule has 0 aliphatic carbocycles. The van der Waals surface area contributed by atoms with Crippen molar-refractivity contribution in [2.24, 2.45) is 5.10 Å². The number of aryl methyl sites for hydroxylation is 1. The van der Waals surface area contributed by atoms with Crippen LogP contribution in [0.25, 0.3) is 11.0 Å². The predicted molar refractivity (Wildman–Crippen MR) is 87.7 cm³/mol. The van der Waals surface area contributed by atoms with Crippen LogP contribution in [0.1, 0.15) is 24.5 Å². The van der Waals surface area contributed by atoms with E-state index >= 15 is 0 Å². The second-order valence-corrected chi connectivity index (χ2v) is 4.99. The van der Waals surface area contributed by atoms with E-state index in [9.17, 15) is 0 Å². The van der Waals surface area contributed by atoms with E-state index in [2.05, 4.69) is 58.6 Å². The van der Waals surface area contributed by atoms with Gasteiger partial charge in [-0.05, 0) is 31.0 Å². The molecule has 0 spiro atoms. The topological polar surface area (TPSA) is 53.1 Å². The van der Waals surface area contributed by atoms with E-state index in [4.69, 9.17) is 0 Å². The van der Waals surface area contributed by atoms with Crippen LogP contribution < -0.4 is 5.43 Å². The number of imidazole rings is 1. The highest BCUT2D eigenvalue weighted by Gasteiger charge is 2.03. The highest BCUT2D eigenvalue weighted by Crippen LogP contribution is 2.14. The third-order valence-corrected chi connectivity index (χ3v) is 3.41. The lowest BCUT2D eigenvalue weighted by atomic mass is 10.1. The molecule has 21 heavy (non-hydrogen) atoms. The zero-order valence-electron chi connectivity index (χ0n) is 12.2. The maximum Gasteiger partial charge on any atom is 0.222 e. The standard InChI is InChI=1S/C17H18N4/c1-3-14(13-10-8-12(2)9-11-13)20-21-17-18-15-6-4-5-7-16(15)19-17/h4-11H,3H2,1-2H3,(H2,18,19,21)/b20-14-.